The van der Waals surface area contributed by atoms with Crippen molar-refractivity contribution in [1.29, 1.82) is 0 Å². The van der Waals surface area contributed by atoms with E-state index in [-0.39, 0.29) is 18.6 Å². The molecule has 4 nitrogen and oxygen atoms in total. The first-order valence-corrected chi connectivity index (χ1v) is 2.90. The van der Waals surface area contributed by atoms with Crippen LogP contribution in [0.4, 0.5) is 0 Å². The van der Waals surface area contributed by atoms with Gasteiger partial charge in [-0.15, -0.1) is 0 Å². The van der Waals surface area contributed by atoms with Crippen molar-refractivity contribution in [2.75, 3.05) is 6.61 Å². The second kappa shape index (κ2) is 4.14. The van der Waals surface area contributed by atoms with E-state index in [1.165, 1.54) is 0 Å². The van der Waals surface area contributed by atoms with Gasteiger partial charge in [0.25, 0.3) is 0 Å². The highest BCUT2D eigenvalue weighted by Crippen LogP contribution is 1.93. The van der Waals surface area contributed by atoms with Crippen LogP contribution in [0.15, 0.2) is 4.99 Å². The van der Waals surface area contributed by atoms with Crippen LogP contribution in [-0.4, -0.2) is 23.7 Å². The van der Waals surface area contributed by atoms with Gasteiger partial charge >= 0.3 is 0 Å². The fourth-order valence-electron chi connectivity index (χ4n) is 0.472. The van der Waals surface area contributed by atoms with Gasteiger partial charge in [0.1, 0.15) is 0 Å². The van der Waals surface area contributed by atoms with Gasteiger partial charge < -0.3 is 16.6 Å². The van der Waals surface area contributed by atoms with Crippen molar-refractivity contribution in [1.82, 2.24) is 0 Å². The summed E-state index contributed by atoms with van der Waals surface area (Å²) < 4.78 is 0. The van der Waals surface area contributed by atoms with Crippen molar-refractivity contribution in [3.8, 4) is 0 Å². The average Bonchev–Trinajstić information content (AvgIpc) is 1.82. The molecule has 1 atom stereocenters. The molecule has 5 N–H and O–H groups in total. The third kappa shape index (κ3) is 3.78. The van der Waals surface area contributed by atoms with Gasteiger partial charge in [0, 0.05) is 0 Å². The Morgan fingerprint density at radius 3 is 2.33 bits per heavy atom. The lowest BCUT2D eigenvalue weighted by Gasteiger charge is -2.03. The number of nitrogens with zero attached hydrogens (tertiary/aromatic N) is 1. The maximum absolute atomic E-state index is 8.56. The first kappa shape index (κ1) is 8.23. The number of nitrogens with two attached hydrogens (primary N) is 2. The minimum absolute atomic E-state index is 0.00833. The molecule has 0 aliphatic rings. The predicted molar refractivity (Wildman–Crippen MR) is 37.0 cm³/mol. The van der Waals surface area contributed by atoms with Gasteiger partial charge in [-0.2, -0.15) is 0 Å². The van der Waals surface area contributed by atoms with Crippen molar-refractivity contribution in [3.63, 3.8) is 0 Å². The number of hydrogen-bond donors (Lipinski definition) is 3. The Morgan fingerprint density at radius 2 is 2.22 bits per heavy atom. The third-order valence-electron chi connectivity index (χ3n) is 1.01. The zero-order valence-electron chi connectivity index (χ0n) is 5.54. The van der Waals surface area contributed by atoms with E-state index in [1.807, 2.05) is 6.92 Å². The molecule has 0 unspecified atom stereocenters. The molecule has 0 radical (unpaired) electrons. The highest BCUT2D eigenvalue weighted by atomic mass is 16.3. The van der Waals surface area contributed by atoms with E-state index in [9.17, 15) is 0 Å². The molecule has 0 fully saturated rings. The summed E-state index contributed by atoms with van der Waals surface area (Å²) >= 11 is 0. The summed E-state index contributed by atoms with van der Waals surface area (Å²) in [6.45, 7) is 1.92. The number of hydrogen-bond acceptors (Lipinski definition) is 2. The first-order chi connectivity index (χ1) is 4.20. The van der Waals surface area contributed by atoms with Crippen LogP contribution < -0.4 is 11.5 Å². The summed E-state index contributed by atoms with van der Waals surface area (Å²) in [5.41, 5.74) is 10.1. The minimum atomic E-state index is -0.130. The molecule has 54 valence electrons. The Kier molecular flexibility index (Phi) is 3.79. The second-order valence-electron chi connectivity index (χ2n) is 1.80. The monoisotopic (exact) mass is 131 g/mol. The van der Waals surface area contributed by atoms with Crippen molar-refractivity contribution < 1.29 is 5.11 Å². The Hall–Kier alpha value is -0.770. The Morgan fingerprint density at radius 1 is 1.67 bits per heavy atom. The van der Waals surface area contributed by atoms with Gasteiger partial charge in [-0.3, -0.25) is 0 Å². The molecule has 0 bridgehead atoms. The number of aliphatic hydroxyl groups excluding tert-OH is 1. The van der Waals surface area contributed by atoms with Crippen molar-refractivity contribution in [2.45, 2.75) is 19.4 Å². The molecule has 0 aromatic heterocycles. The zero-order chi connectivity index (χ0) is 7.28. The molecule has 0 spiro atoms. The third-order valence-corrected chi connectivity index (χ3v) is 1.01. The van der Waals surface area contributed by atoms with Crippen molar-refractivity contribution >= 4 is 5.96 Å². The normalized spacial score (nSPS) is 12.7. The molecule has 0 aromatic rings. The molecule has 0 amide bonds. The highest BCUT2D eigenvalue weighted by molar-refractivity contribution is 5.75. The summed E-state index contributed by atoms with van der Waals surface area (Å²) in [6, 6.07) is -0.130. The van der Waals surface area contributed by atoms with Gasteiger partial charge in [-0.25, -0.2) is 4.99 Å². The summed E-state index contributed by atoms with van der Waals surface area (Å²) in [4.78, 5) is 3.74. The maximum atomic E-state index is 8.56. The molecule has 0 aliphatic heterocycles. The number of aliphatic imine (C=N–C) groups is 1. The van der Waals surface area contributed by atoms with Crippen LogP contribution in [0.3, 0.4) is 0 Å². The molecule has 0 saturated heterocycles. The topological polar surface area (TPSA) is 84.6 Å². The molecule has 0 aromatic carbocycles. The quantitative estimate of drug-likeness (QED) is 0.340. The molecule has 0 aliphatic carbocycles. The van der Waals surface area contributed by atoms with E-state index in [0.29, 0.717) is 0 Å². The summed E-state index contributed by atoms with van der Waals surface area (Å²) in [5, 5.41) is 8.56. The van der Waals surface area contributed by atoms with Crippen molar-refractivity contribution in [2.24, 2.45) is 16.5 Å². The average molecular weight is 131 g/mol. The van der Waals surface area contributed by atoms with E-state index in [1.54, 1.807) is 0 Å². The SMILES string of the molecule is CC[C@H](CO)N=C(N)N. The Bertz CT molecular complexity index is 94.4. The molecule has 9 heavy (non-hydrogen) atoms. The van der Waals surface area contributed by atoms with Crippen LogP contribution in [-0.2, 0) is 0 Å². The number of aliphatic hydroxyl groups is 1. The van der Waals surface area contributed by atoms with E-state index in [4.69, 9.17) is 16.6 Å². The van der Waals surface area contributed by atoms with Gasteiger partial charge in [-0.05, 0) is 6.42 Å². The molecule has 4 heteroatoms. The Labute approximate surface area is 54.6 Å². The van der Waals surface area contributed by atoms with Crippen LogP contribution in [0.5, 0.6) is 0 Å². The van der Waals surface area contributed by atoms with E-state index >= 15 is 0 Å². The molecule has 0 saturated carbocycles. The summed E-state index contributed by atoms with van der Waals surface area (Å²) in [6.07, 6.45) is 0.758. The van der Waals surface area contributed by atoms with Crippen LogP contribution in [0.1, 0.15) is 13.3 Å². The molecule has 0 heterocycles. The summed E-state index contributed by atoms with van der Waals surface area (Å²) in [7, 11) is 0. The Balaban J connectivity index is 3.68. The van der Waals surface area contributed by atoms with E-state index in [2.05, 4.69) is 4.99 Å². The second-order valence-corrected chi connectivity index (χ2v) is 1.80. The standard InChI is InChI=1S/C5H13N3O/c1-2-4(3-9)8-5(6)7/h4,9H,2-3H2,1H3,(H4,6,7,8)/t4-/m1/s1. The van der Waals surface area contributed by atoms with Crippen molar-refractivity contribution in [3.05, 3.63) is 0 Å². The highest BCUT2D eigenvalue weighted by Gasteiger charge is 1.99. The van der Waals surface area contributed by atoms with Crippen LogP contribution >= 0.6 is 0 Å². The van der Waals surface area contributed by atoms with Gasteiger partial charge in [0.2, 0.25) is 0 Å². The molecular formula is C5H13N3O. The molecular weight excluding hydrogens is 118 g/mol. The van der Waals surface area contributed by atoms with Crippen LogP contribution in [0, 0.1) is 0 Å². The fraction of sp³-hybridized carbons (Fsp3) is 0.800. The lowest BCUT2D eigenvalue weighted by Crippen LogP contribution is -2.26. The smallest absolute Gasteiger partial charge is 0.186 e. The zero-order valence-corrected chi connectivity index (χ0v) is 5.54. The largest absolute Gasteiger partial charge is 0.394 e. The van der Waals surface area contributed by atoms with Crippen LogP contribution in [0.25, 0.3) is 0 Å². The van der Waals surface area contributed by atoms with Gasteiger partial charge in [0.05, 0.1) is 12.6 Å². The summed E-state index contributed by atoms with van der Waals surface area (Å²) in [5.74, 6) is 0.0379. The first-order valence-electron chi connectivity index (χ1n) is 2.90. The number of rotatable bonds is 3. The van der Waals surface area contributed by atoms with E-state index in [0.717, 1.165) is 6.42 Å². The minimum Gasteiger partial charge on any atom is -0.394 e. The van der Waals surface area contributed by atoms with Crippen LogP contribution in [0.2, 0.25) is 0 Å². The predicted octanol–water partition coefficient (Wildman–Crippen LogP) is -0.969. The molecule has 0 rings (SSSR count). The van der Waals surface area contributed by atoms with Gasteiger partial charge in [0.15, 0.2) is 5.96 Å². The van der Waals surface area contributed by atoms with Gasteiger partial charge in [-0.1, -0.05) is 6.92 Å². The van der Waals surface area contributed by atoms with E-state index < -0.39 is 0 Å². The number of guanidine groups is 1. The lowest BCUT2D eigenvalue weighted by molar-refractivity contribution is 0.264. The fourth-order valence-corrected chi connectivity index (χ4v) is 0.472. The lowest BCUT2D eigenvalue weighted by atomic mass is 10.2. The maximum Gasteiger partial charge on any atom is 0.186 e.